The van der Waals surface area contributed by atoms with Gasteiger partial charge >= 0.3 is 18.1 Å². The third kappa shape index (κ3) is 5.77. The van der Waals surface area contributed by atoms with E-state index in [1.165, 1.54) is 0 Å². The maximum atomic E-state index is 10.0. The summed E-state index contributed by atoms with van der Waals surface area (Å²) >= 11 is 0. The summed E-state index contributed by atoms with van der Waals surface area (Å²) in [4.78, 5) is 0. The van der Waals surface area contributed by atoms with Crippen molar-refractivity contribution in [2.24, 2.45) is 15.1 Å². The van der Waals surface area contributed by atoms with Crippen molar-refractivity contribution in [3.63, 3.8) is 0 Å². The van der Waals surface area contributed by atoms with E-state index in [4.69, 9.17) is 0 Å². The van der Waals surface area contributed by atoms with E-state index in [0.29, 0.717) is 0 Å². The van der Waals surface area contributed by atoms with Crippen molar-refractivity contribution in [2.45, 2.75) is 0 Å². The zero-order valence-corrected chi connectivity index (χ0v) is 5.39. The summed E-state index contributed by atoms with van der Waals surface area (Å²) in [6.45, 7) is 0. The first kappa shape index (κ1) is 7.77. The minimum absolute atomic E-state index is 2.44. The van der Waals surface area contributed by atoms with Crippen LogP contribution < -0.4 is 11.0 Å². The Bertz CT molecular complexity index is 223. The minimum atomic E-state index is -3.71. The lowest BCUT2D eigenvalue weighted by Crippen LogP contribution is -2.00. The Morgan fingerprint density at radius 2 is 1.75 bits per heavy atom. The SMILES string of the molecule is NP(N)(=O)N=S(=O)=O. The largest absolute Gasteiger partial charge is 0.333 e. The molecule has 0 aromatic rings. The number of hydrogen-bond acceptors (Lipinski definition) is 3. The molecular weight excluding hydrogens is 153 g/mol. The number of hydrogen-bond donors (Lipinski definition) is 2. The molecule has 0 saturated heterocycles. The van der Waals surface area contributed by atoms with Gasteiger partial charge in [0.15, 0.2) is 0 Å². The normalized spacial score (nSPS) is 10.8. The van der Waals surface area contributed by atoms with Crippen LogP contribution in [0.15, 0.2) is 4.13 Å². The molecule has 0 aromatic heterocycles. The zero-order chi connectivity index (χ0) is 6.78. The molecule has 6 nitrogen and oxygen atoms in total. The van der Waals surface area contributed by atoms with Gasteiger partial charge in [0.25, 0.3) is 0 Å². The predicted molar refractivity (Wildman–Crippen MR) is 27.3 cm³/mol. The molecule has 48 valence electrons. The van der Waals surface area contributed by atoms with E-state index in [9.17, 15) is 13.0 Å². The van der Waals surface area contributed by atoms with Gasteiger partial charge in [0.1, 0.15) is 0 Å². The fourth-order valence-corrected chi connectivity index (χ4v) is 0.938. The molecule has 0 aromatic carbocycles. The molecule has 0 atom stereocenters. The van der Waals surface area contributed by atoms with Gasteiger partial charge in [-0.1, -0.05) is 4.13 Å². The topological polar surface area (TPSA) is 116 Å². The summed E-state index contributed by atoms with van der Waals surface area (Å²) in [6.07, 6.45) is 0. The first-order chi connectivity index (χ1) is 3.42. The molecular formula is H4N3O3PS. The summed E-state index contributed by atoms with van der Waals surface area (Å²) in [6, 6.07) is 0. The molecule has 0 aliphatic carbocycles. The van der Waals surface area contributed by atoms with E-state index in [2.05, 4.69) is 15.1 Å². The van der Waals surface area contributed by atoms with Gasteiger partial charge in [0.05, 0.1) is 0 Å². The minimum Gasteiger partial charge on any atom is -0.262 e. The van der Waals surface area contributed by atoms with Gasteiger partial charge in [-0.3, -0.25) is 4.57 Å². The molecule has 8 heteroatoms. The van der Waals surface area contributed by atoms with Gasteiger partial charge in [-0.25, -0.2) is 11.0 Å². The standard InChI is InChI=1S/H4N3O3PS/c1-7(2,4)3-8(5)6/h(H4,1,2,4). The highest BCUT2D eigenvalue weighted by Crippen LogP contribution is 2.25. The highest BCUT2D eigenvalue weighted by molar-refractivity contribution is 7.71. The first-order valence-corrected chi connectivity index (χ1v) is 4.24. The van der Waals surface area contributed by atoms with Gasteiger partial charge in [0.2, 0.25) is 0 Å². The Labute approximate surface area is 47.1 Å². The van der Waals surface area contributed by atoms with Crippen LogP contribution in [0.1, 0.15) is 0 Å². The maximum Gasteiger partial charge on any atom is 0.333 e. The Kier molecular flexibility index (Phi) is 2.29. The van der Waals surface area contributed by atoms with Gasteiger partial charge < -0.3 is 0 Å². The molecule has 0 unspecified atom stereocenters. The van der Waals surface area contributed by atoms with Crippen molar-refractivity contribution < 1.29 is 13.0 Å². The summed E-state index contributed by atoms with van der Waals surface area (Å²) in [7, 11) is -6.48. The van der Waals surface area contributed by atoms with Crippen LogP contribution >= 0.6 is 7.59 Å². The van der Waals surface area contributed by atoms with Crippen LogP contribution in [0, 0.1) is 0 Å². The number of rotatable bonds is 1. The Hall–Kier alpha value is -0.230. The molecule has 0 fully saturated rings. The smallest absolute Gasteiger partial charge is 0.262 e. The van der Waals surface area contributed by atoms with E-state index in [-0.39, 0.29) is 0 Å². The van der Waals surface area contributed by atoms with Crippen LogP contribution in [0.2, 0.25) is 0 Å². The molecule has 0 spiro atoms. The lowest BCUT2D eigenvalue weighted by atomic mass is 13.8. The fraction of sp³-hybridized carbons (Fsp3) is 0. The van der Waals surface area contributed by atoms with Crippen molar-refractivity contribution in [2.75, 3.05) is 0 Å². The lowest BCUT2D eigenvalue weighted by Gasteiger charge is -1.88. The molecule has 0 bridgehead atoms. The average molecular weight is 157 g/mol. The van der Waals surface area contributed by atoms with Crippen molar-refractivity contribution in [3.05, 3.63) is 0 Å². The molecule has 0 rings (SSSR count). The van der Waals surface area contributed by atoms with Crippen molar-refractivity contribution >= 4 is 18.1 Å². The molecule has 8 heavy (non-hydrogen) atoms. The molecule has 0 aliphatic rings. The predicted octanol–water partition coefficient (Wildman–Crippen LogP) is -0.925. The Morgan fingerprint density at radius 1 is 1.38 bits per heavy atom. The molecule has 0 saturated carbocycles. The van der Waals surface area contributed by atoms with E-state index in [1.807, 2.05) is 0 Å². The van der Waals surface area contributed by atoms with E-state index in [1.54, 1.807) is 0 Å². The van der Waals surface area contributed by atoms with Crippen LogP contribution in [0.5, 0.6) is 0 Å². The van der Waals surface area contributed by atoms with E-state index in [0.717, 1.165) is 0 Å². The summed E-state index contributed by atoms with van der Waals surface area (Å²) in [5, 5.41) is 0. The third-order valence-corrected chi connectivity index (χ3v) is 1.75. The van der Waals surface area contributed by atoms with E-state index >= 15 is 0 Å². The van der Waals surface area contributed by atoms with Crippen molar-refractivity contribution in [3.8, 4) is 0 Å². The summed E-state index contributed by atoms with van der Waals surface area (Å²) < 4.78 is 31.5. The first-order valence-electron chi connectivity index (χ1n) is 1.41. The van der Waals surface area contributed by atoms with Crippen LogP contribution in [0.4, 0.5) is 0 Å². The van der Waals surface area contributed by atoms with Gasteiger partial charge in [0, 0.05) is 0 Å². The highest BCUT2D eigenvalue weighted by Gasteiger charge is 2.02. The highest BCUT2D eigenvalue weighted by atomic mass is 32.2. The molecule has 0 heterocycles. The Morgan fingerprint density at radius 3 is 1.75 bits per heavy atom. The van der Waals surface area contributed by atoms with Gasteiger partial charge in [-0.05, 0) is 0 Å². The molecule has 0 amide bonds. The van der Waals surface area contributed by atoms with Crippen LogP contribution in [0.25, 0.3) is 0 Å². The van der Waals surface area contributed by atoms with Crippen molar-refractivity contribution in [1.29, 1.82) is 0 Å². The number of nitrogens with zero attached hydrogens (tertiary/aromatic N) is 1. The van der Waals surface area contributed by atoms with Crippen LogP contribution in [-0.4, -0.2) is 8.42 Å². The van der Waals surface area contributed by atoms with Crippen LogP contribution in [0.3, 0.4) is 0 Å². The monoisotopic (exact) mass is 157 g/mol. The zero-order valence-electron chi connectivity index (χ0n) is 3.68. The lowest BCUT2D eigenvalue weighted by molar-refractivity contribution is 0.577. The average Bonchev–Trinajstić information content (AvgIpc) is 1.21. The van der Waals surface area contributed by atoms with Crippen molar-refractivity contribution in [1.82, 2.24) is 0 Å². The van der Waals surface area contributed by atoms with Gasteiger partial charge in [-0.2, -0.15) is 8.42 Å². The third-order valence-electron chi connectivity index (χ3n) is 0.194. The van der Waals surface area contributed by atoms with Gasteiger partial charge in [-0.15, -0.1) is 0 Å². The molecule has 0 aliphatic heterocycles. The maximum absolute atomic E-state index is 10.0. The second kappa shape index (κ2) is 2.36. The quantitative estimate of drug-likeness (QED) is 0.477. The number of nitrogens with two attached hydrogens (primary N) is 2. The summed E-state index contributed by atoms with van der Waals surface area (Å²) in [5.74, 6) is 0. The fourth-order valence-electron chi connectivity index (χ4n) is 0.104. The van der Waals surface area contributed by atoms with Crippen LogP contribution in [-0.2, 0) is 15.1 Å². The second-order valence-corrected chi connectivity index (χ2v) is 3.40. The molecule has 0 radical (unpaired) electrons. The molecule has 4 N–H and O–H groups in total. The summed E-state index contributed by atoms with van der Waals surface area (Å²) in [5.41, 5.74) is 9.02. The Balaban J connectivity index is 4.62. The second-order valence-electron chi connectivity index (χ2n) is 0.971. The van der Waals surface area contributed by atoms with E-state index < -0.39 is 18.1 Å².